The second-order valence-electron chi connectivity index (χ2n) is 8.02. The van der Waals surface area contributed by atoms with Crippen molar-refractivity contribution in [3.8, 4) is 0 Å². The summed E-state index contributed by atoms with van der Waals surface area (Å²) in [6.45, 7) is 0.817. The maximum atomic E-state index is 12.3. The summed E-state index contributed by atoms with van der Waals surface area (Å²) in [5, 5.41) is 0. The summed E-state index contributed by atoms with van der Waals surface area (Å²) in [4.78, 5) is 12.3. The second-order valence-corrected chi connectivity index (χ2v) is 9.01. The lowest BCUT2D eigenvalue weighted by molar-refractivity contribution is -0.207. The van der Waals surface area contributed by atoms with E-state index in [-0.39, 0.29) is 17.5 Å². The fourth-order valence-corrected chi connectivity index (χ4v) is 6.19. The predicted molar refractivity (Wildman–Crippen MR) is 99.2 cm³/mol. The largest absolute Gasteiger partial charge is 0.497 e. The van der Waals surface area contributed by atoms with Gasteiger partial charge >= 0.3 is 5.97 Å². The van der Waals surface area contributed by atoms with Gasteiger partial charge in [0, 0.05) is 18.1 Å². The summed E-state index contributed by atoms with van der Waals surface area (Å²) < 4.78 is 11.4. The van der Waals surface area contributed by atoms with E-state index >= 15 is 0 Å². The number of fused-ring (bicyclic) bond motifs is 2. The molecule has 3 atom stereocenters. The first-order valence-corrected chi connectivity index (χ1v) is 11.1. The molecule has 134 valence electrons. The average molecular weight is 359 g/mol. The molecule has 1 spiro atoms. The monoisotopic (exact) mass is 358 g/mol. The van der Waals surface area contributed by atoms with E-state index in [0.717, 1.165) is 63.7 Å². The molecular weight excluding hydrogens is 332 g/mol. The van der Waals surface area contributed by atoms with Crippen LogP contribution in [-0.4, -0.2) is 30.7 Å². The molecule has 0 amide bonds. The number of ether oxygens (including phenoxy) is 2. The molecular formula is C21H26O3S. The van der Waals surface area contributed by atoms with Gasteiger partial charge in [-0.05, 0) is 74.0 Å². The highest BCUT2D eigenvalue weighted by molar-refractivity contribution is 7.98. The van der Waals surface area contributed by atoms with Crippen LogP contribution in [0.3, 0.4) is 0 Å². The maximum Gasteiger partial charge on any atom is 0.316 e. The van der Waals surface area contributed by atoms with Crippen LogP contribution < -0.4 is 0 Å². The molecule has 0 aromatic carbocycles. The standard InChI is InChI=1S/C21H26O3S/c1-25-11-10-23-14-3-5-15-13(12-14)2-4-17-16(15)8-9-21-18(17)6-7-19(21)24-20(21)22/h12,18-19H,2-11H2,1H3/t18-,19?,21+/m0/s1. The van der Waals surface area contributed by atoms with Crippen molar-refractivity contribution in [2.45, 2.75) is 57.5 Å². The molecule has 4 heteroatoms. The van der Waals surface area contributed by atoms with Crippen LogP contribution in [0.15, 0.2) is 34.1 Å². The number of allylic oxidation sites excluding steroid dienone is 6. The minimum absolute atomic E-state index is 0.0966. The smallest absolute Gasteiger partial charge is 0.316 e. The second kappa shape index (κ2) is 5.94. The van der Waals surface area contributed by atoms with Crippen LogP contribution in [0.4, 0.5) is 0 Å². The van der Waals surface area contributed by atoms with Gasteiger partial charge in [-0.15, -0.1) is 0 Å². The molecule has 0 aromatic heterocycles. The zero-order valence-corrected chi connectivity index (χ0v) is 15.8. The zero-order chi connectivity index (χ0) is 17.0. The number of carbonyl (C=O) groups is 1. The van der Waals surface area contributed by atoms with Crippen LogP contribution in [0.1, 0.15) is 51.4 Å². The van der Waals surface area contributed by atoms with Crippen LogP contribution in [0.5, 0.6) is 0 Å². The molecule has 0 radical (unpaired) electrons. The third kappa shape index (κ3) is 2.22. The molecule has 1 aliphatic heterocycles. The molecule has 1 saturated heterocycles. The number of thioether (sulfide) groups is 1. The number of hydrogen-bond acceptors (Lipinski definition) is 4. The molecule has 0 N–H and O–H groups in total. The lowest BCUT2D eigenvalue weighted by Gasteiger charge is -2.50. The number of carbonyl (C=O) groups excluding carboxylic acids is 1. The Morgan fingerprint density at radius 2 is 2.12 bits per heavy atom. The van der Waals surface area contributed by atoms with Gasteiger partial charge in [0.25, 0.3) is 0 Å². The lowest BCUT2D eigenvalue weighted by Crippen LogP contribution is -2.57. The third-order valence-corrected chi connectivity index (χ3v) is 7.66. The Kier molecular flexibility index (Phi) is 3.81. The topological polar surface area (TPSA) is 35.5 Å². The predicted octanol–water partition coefficient (Wildman–Crippen LogP) is 4.55. The minimum Gasteiger partial charge on any atom is -0.497 e. The highest BCUT2D eigenvalue weighted by Crippen LogP contribution is 2.63. The van der Waals surface area contributed by atoms with E-state index < -0.39 is 0 Å². The van der Waals surface area contributed by atoms with E-state index in [9.17, 15) is 4.79 Å². The molecule has 25 heavy (non-hydrogen) atoms. The summed E-state index contributed by atoms with van der Waals surface area (Å²) in [5.41, 5.74) is 6.18. The van der Waals surface area contributed by atoms with Gasteiger partial charge in [-0.1, -0.05) is 5.57 Å². The van der Waals surface area contributed by atoms with Crippen LogP contribution >= 0.6 is 11.8 Å². The van der Waals surface area contributed by atoms with E-state index in [1.807, 2.05) is 11.8 Å². The van der Waals surface area contributed by atoms with Gasteiger partial charge in [-0.25, -0.2) is 0 Å². The van der Waals surface area contributed by atoms with Gasteiger partial charge in [0.1, 0.15) is 11.5 Å². The van der Waals surface area contributed by atoms with Gasteiger partial charge in [0.2, 0.25) is 0 Å². The molecule has 1 unspecified atom stereocenters. The normalized spacial score (nSPS) is 35.9. The van der Waals surface area contributed by atoms with Crippen molar-refractivity contribution >= 4 is 17.7 Å². The summed E-state index contributed by atoms with van der Waals surface area (Å²) in [7, 11) is 0. The molecule has 5 aliphatic rings. The van der Waals surface area contributed by atoms with Crippen molar-refractivity contribution in [1.82, 2.24) is 0 Å². The average Bonchev–Trinajstić information content (AvgIpc) is 2.94. The van der Waals surface area contributed by atoms with Crippen LogP contribution in [0, 0.1) is 11.3 Å². The van der Waals surface area contributed by atoms with Crippen LogP contribution in [0.25, 0.3) is 0 Å². The summed E-state index contributed by atoms with van der Waals surface area (Å²) in [6.07, 6.45) is 13.4. The van der Waals surface area contributed by atoms with E-state index in [1.54, 1.807) is 16.7 Å². The Bertz CT molecular complexity index is 717. The molecule has 2 fully saturated rings. The fourth-order valence-electron chi connectivity index (χ4n) is 5.94. The Balaban J connectivity index is 1.43. The fraction of sp³-hybridized carbons (Fsp3) is 0.667. The summed E-state index contributed by atoms with van der Waals surface area (Å²) in [5.74, 6) is 2.80. The molecule has 4 aliphatic carbocycles. The van der Waals surface area contributed by atoms with E-state index in [4.69, 9.17) is 9.47 Å². The van der Waals surface area contributed by atoms with Crippen molar-refractivity contribution in [1.29, 1.82) is 0 Å². The first-order valence-electron chi connectivity index (χ1n) is 9.71. The Morgan fingerprint density at radius 3 is 2.96 bits per heavy atom. The SMILES string of the molecule is CSCCOC1=CC2=C(CC1)C1=C(CC2)[C@@H]2CCC3OC(=O)[C@@]32CC1. The van der Waals surface area contributed by atoms with Crippen molar-refractivity contribution in [3.05, 3.63) is 34.1 Å². The van der Waals surface area contributed by atoms with Crippen LogP contribution in [-0.2, 0) is 14.3 Å². The Hall–Kier alpha value is -1.16. The number of hydrogen-bond donors (Lipinski definition) is 0. The minimum atomic E-state index is -0.131. The summed E-state index contributed by atoms with van der Waals surface area (Å²) in [6, 6.07) is 0. The number of esters is 1. The van der Waals surface area contributed by atoms with Crippen molar-refractivity contribution in [2.75, 3.05) is 18.6 Å². The third-order valence-electron chi connectivity index (χ3n) is 7.09. The van der Waals surface area contributed by atoms with Gasteiger partial charge < -0.3 is 9.47 Å². The van der Waals surface area contributed by atoms with Crippen molar-refractivity contribution in [2.24, 2.45) is 11.3 Å². The lowest BCUT2D eigenvalue weighted by atomic mass is 9.59. The van der Waals surface area contributed by atoms with Gasteiger partial charge in [-0.2, -0.15) is 11.8 Å². The first-order chi connectivity index (χ1) is 12.2. The highest BCUT2D eigenvalue weighted by atomic mass is 32.2. The van der Waals surface area contributed by atoms with Crippen molar-refractivity contribution < 1.29 is 14.3 Å². The van der Waals surface area contributed by atoms with E-state index in [2.05, 4.69) is 12.3 Å². The van der Waals surface area contributed by atoms with Crippen molar-refractivity contribution in [3.63, 3.8) is 0 Å². The molecule has 1 saturated carbocycles. The first kappa shape index (κ1) is 16.0. The summed E-state index contributed by atoms with van der Waals surface area (Å²) >= 11 is 1.83. The quantitative estimate of drug-likeness (QED) is 0.546. The molecule has 3 nitrogen and oxygen atoms in total. The molecule has 0 bridgehead atoms. The maximum absolute atomic E-state index is 12.3. The molecule has 1 heterocycles. The van der Waals surface area contributed by atoms with Crippen LogP contribution in [0.2, 0.25) is 0 Å². The zero-order valence-electron chi connectivity index (χ0n) is 14.9. The number of rotatable bonds is 4. The van der Waals surface area contributed by atoms with Gasteiger partial charge in [0.05, 0.1) is 12.4 Å². The Morgan fingerprint density at radius 1 is 1.20 bits per heavy atom. The van der Waals surface area contributed by atoms with E-state index in [1.165, 1.54) is 11.3 Å². The van der Waals surface area contributed by atoms with Gasteiger partial charge in [-0.3, -0.25) is 4.79 Å². The molecule has 5 rings (SSSR count). The van der Waals surface area contributed by atoms with E-state index in [0.29, 0.717) is 5.92 Å². The van der Waals surface area contributed by atoms with Gasteiger partial charge in [0.15, 0.2) is 0 Å². The Labute approximate surface area is 153 Å². The highest BCUT2D eigenvalue weighted by Gasteiger charge is 2.67. The molecule has 0 aromatic rings.